The average molecular weight is 116 g/mol. The van der Waals surface area contributed by atoms with Crippen LogP contribution >= 0.6 is 0 Å². The third kappa shape index (κ3) is 5.92. The molecule has 0 aromatic rings. The van der Waals surface area contributed by atoms with E-state index in [9.17, 15) is 0 Å². The summed E-state index contributed by atoms with van der Waals surface area (Å²) in [6.07, 6.45) is 0.344. The fourth-order valence-electron chi connectivity index (χ4n) is 0.380. The van der Waals surface area contributed by atoms with Crippen molar-refractivity contribution < 1.29 is 4.74 Å². The smallest absolute Gasteiger partial charge is 0.0517 e. The summed E-state index contributed by atoms with van der Waals surface area (Å²) in [6, 6.07) is 0. The molecule has 0 aromatic heterocycles. The maximum Gasteiger partial charge on any atom is 0.0517 e. The van der Waals surface area contributed by atoms with E-state index in [4.69, 9.17) is 4.74 Å². The molecule has 0 unspecified atom stereocenters. The lowest BCUT2D eigenvalue weighted by molar-refractivity contribution is 0.0879. The maximum atomic E-state index is 5.19. The summed E-state index contributed by atoms with van der Waals surface area (Å²) in [6.45, 7) is 5.62. The molecule has 0 heterocycles. The van der Waals surface area contributed by atoms with Crippen LogP contribution in [0.5, 0.6) is 0 Å². The molecule has 2 nitrogen and oxygen atoms in total. The first kappa shape index (κ1) is 7.92. The van der Waals surface area contributed by atoms with E-state index in [1.807, 2.05) is 13.8 Å². The largest absolute Gasteiger partial charge is 0.663 e. The monoisotopic (exact) mass is 116 g/mol. The lowest BCUT2D eigenvalue weighted by Crippen LogP contribution is -2.05. The zero-order chi connectivity index (χ0) is 6.41. The summed E-state index contributed by atoms with van der Waals surface area (Å²) in [7, 11) is 1.80. The average Bonchev–Trinajstić information content (AvgIpc) is 1.66. The van der Waals surface area contributed by atoms with Crippen molar-refractivity contribution in [2.75, 3.05) is 20.2 Å². The molecule has 0 rings (SSSR count). The number of hydrogen-bond acceptors (Lipinski definition) is 1. The molecule has 0 fully saturated rings. The van der Waals surface area contributed by atoms with E-state index >= 15 is 0 Å². The van der Waals surface area contributed by atoms with E-state index in [0.717, 1.165) is 13.2 Å². The summed E-state index contributed by atoms with van der Waals surface area (Å²) >= 11 is 0. The Bertz CT molecular complexity index is 45.8. The van der Waals surface area contributed by atoms with Crippen LogP contribution in [0.15, 0.2) is 0 Å². The van der Waals surface area contributed by atoms with Gasteiger partial charge in [0.2, 0.25) is 0 Å². The number of hydrogen-bond donors (Lipinski definition) is 0. The van der Waals surface area contributed by atoms with Crippen LogP contribution in [0.4, 0.5) is 0 Å². The Balaban J connectivity index is 2.72. The van der Waals surface area contributed by atoms with E-state index in [1.165, 1.54) is 0 Å². The first-order chi connectivity index (χ1) is 3.77. The van der Waals surface area contributed by atoms with Gasteiger partial charge in [-0.15, -0.1) is 6.54 Å². The van der Waals surface area contributed by atoms with Crippen molar-refractivity contribution in [3.8, 4) is 0 Å². The van der Waals surface area contributed by atoms with Crippen molar-refractivity contribution in [3.63, 3.8) is 0 Å². The number of likely N-dealkylation sites (N-methyl/N-ethyl adjacent to an activating group) is 1. The van der Waals surface area contributed by atoms with E-state index in [1.54, 1.807) is 7.05 Å². The van der Waals surface area contributed by atoms with Crippen LogP contribution in [-0.2, 0) is 4.74 Å². The standard InChI is InChI=1S/C6H14NO/c1-6(2)8-5-4-7-3/h6H,4-5H2,1-3H3/q-1. The molecule has 0 aliphatic carbocycles. The molecule has 0 N–H and O–H groups in total. The maximum absolute atomic E-state index is 5.19. The van der Waals surface area contributed by atoms with Crippen LogP contribution in [0, 0.1) is 0 Å². The van der Waals surface area contributed by atoms with Gasteiger partial charge < -0.3 is 10.1 Å². The molecule has 50 valence electrons. The van der Waals surface area contributed by atoms with Crippen molar-refractivity contribution in [2.24, 2.45) is 0 Å². The van der Waals surface area contributed by atoms with Gasteiger partial charge in [0, 0.05) is 6.61 Å². The molecule has 0 spiro atoms. The Kier molecular flexibility index (Phi) is 5.01. The molecule has 0 amide bonds. The van der Waals surface area contributed by atoms with Crippen molar-refractivity contribution in [1.29, 1.82) is 0 Å². The van der Waals surface area contributed by atoms with Gasteiger partial charge in [0.05, 0.1) is 6.10 Å². The highest BCUT2D eigenvalue weighted by atomic mass is 16.5. The quantitative estimate of drug-likeness (QED) is 0.509. The van der Waals surface area contributed by atoms with Crippen LogP contribution < -0.4 is 0 Å². The number of ether oxygens (including phenoxy) is 1. The molecule has 0 atom stereocenters. The first-order valence-corrected chi connectivity index (χ1v) is 2.94. The van der Waals surface area contributed by atoms with Gasteiger partial charge in [0.1, 0.15) is 0 Å². The SMILES string of the molecule is C[N-]CCOC(C)C. The summed E-state index contributed by atoms with van der Waals surface area (Å²) in [4.78, 5) is 0. The van der Waals surface area contributed by atoms with Gasteiger partial charge in [0.15, 0.2) is 0 Å². The lowest BCUT2D eigenvalue weighted by Gasteiger charge is -2.12. The summed E-state index contributed by atoms with van der Waals surface area (Å²) < 4.78 is 5.19. The van der Waals surface area contributed by atoms with Gasteiger partial charge in [-0.25, -0.2) is 0 Å². The molecule has 8 heavy (non-hydrogen) atoms. The Morgan fingerprint density at radius 3 is 2.50 bits per heavy atom. The second-order valence-corrected chi connectivity index (χ2v) is 1.96. The van der Waals surface area contributed by atoms with Crippen molar-refractivity contribution >= 4 is 0 Å². The Morgan fingerprint density at radius 1 is 1.50 bits per heavy atom. The van der Waals surface area contributed by atoms with Crippen molar-refractivity contribution in [3.05, 3.63) is 5.32 Å². The van der Waals surface area contributed by atoms with E-state index in [-0.39, 0.29) is 0 Å². The highest BCUT2D eigenvalue weighted by molar-refractivity contribution is 4.67. The molecule has 0 aromatic carbocycles. The third-order valence-electron chi connectivity index (χ3n) is 0.766. The van der Waals surface area contributed by atoms with Gasteiger partial charge in [-0.1, -0.05) is 0 Å². The minimum absolute atomic E-state index is 0.344. The molecule has 0 saturated heterocycles. The minimum Gasteiger partial charge on any atom is -0.663 e. The van der Waals surface area contributed by atoms with E-state index in [2.05, 4.69) is 5.32 Å². The lowest BCUT2D eigenvalue weighted by atomic mass is 10.5. The highest BCUT2D eigenvalue weighted by Gasteiger charge is 1.85. The summed E-state index contributed by atoms with van der Waals surface area (Å²) in [5, 5.41) is 3.88. The molecule has 0 aliphatic heterocycles. The van der Waals surface area contributed by atoms with Gasteiger partial charge in [-0.05, 0) is 13.8 Å². The van der Waals surface area contributed by atoms with Crippen LogP contribution in [-0.4, -0.2) is 26.3 Å². The Labute approximate surface area is 51.2 Å². The molecule has 0 saturated carbocycles. The Hall–Kier alpha value is -0.0800. The van der Waals surface area contributed by atoms with E-state index < -0.39 is 0 Å². The van der Waals surface area contributed by atoms with Gasteiger partial charge >= 0.3 is 0 Å². The van der Waals surface area contributed by atoms with Crippen LogP contribution in [0.3, 0.4) is 0 Å². The zero-order valence-electron chi connectivity index (χ0n) is 5.85. The number of nitrogens with zero attached hydrogens (tertiary/aromatic N) is 1. The van der Waals surface area contributed by atoms with Gasteiger partial charge in [-0.3, -0.25) is 0 Å². The molecule has 2 heteroatoms. The molecular formula is C6H14NO-. The predicted molar refractivity (Wildman–Crippen MR) is 35.2 cm³/mol. The predicted octanol–water partition coefficient (Wildman–Crippen LogP) is 1.41. The molecule has 0 aliphatic rings. The third-order valence-corrected chi connectivity index (χ3v) is 0.766. The van der Waals surface area contributed by atoms with Crippen molar-refractivity contribution in [1.82, 2.24) is 0 Å². The second-order valence-electron chi connectivity index (χ2n) is 1.96. The molecule has 0 bridgehead atoms. The topological polar surface area (TPSA) is 23.3 Å². The van der Waals surface area contributed by atoms with Crippen LogP contribution in [0.1, 0.15) is 13.8 Å². The normalized spacial score (nSPS) is 10.5. The van der Waals surface area contributed by atoms with E-state index in [0.29, 0.717) is 6.10 Å². The minimum atomic E-state index is 0.344. The van der Waals surface area contributed by atoms with Crippen LogP contribution in [0.25, 0.3) is 5.32 Å². The summed E-state index contributed by atoms with van der Waals surface area (Å²) in [5.74, 6) is 0. The highest BCUT2D eigenvalue weighted by Crippen LogP contribution is 1.87. The number of rotatable bonds is 4. The van der Waals surface area contributed by atoms with Crippen molar-refractivity contribution in [2.45, 2.75) is 20.0 Å². The Morgan fingerprint density at radius 2 is 2.12 bits per heavy atom. The van der Waals surface area contributed by atoms with Gasteiger partial charge in [0.25, 0.3) is 0 Å². The molecule has 0 radical (unpaired) electrons. The second kappa shape index (κ2) is 5.06. The zero-order valence-corrected chi connectivity index (χ0v) is 5.85. The van der Waals surface area contributed by atoms with Gasteiger partial charge in [-0.2, -0.15) is 7.05 Å². The molecular weight excluding hydrogens is 102 g/mol. The van der Waals surface area contributed by atoms with Crippen LogP contribution in [0.2, 0.25) is 0 Å². The fraction of sp³-hybridized carbons (Fsp3) is 1.00. The fourth-order valence-corrected chi connectivity index (χ4v) is 0.380. The first-order valence-electron chi connectivity index (χ1n) is 2.94. The summed E-state index contributed by atoms with van der Waals surface area (Å²) in [5.41, 5.74) is 0.